The molecule has 0 aromatic heterocycles. The molecule has 7 nitrogen and oxygen atoms in total. The van der Waals surface area contributed by atoms with Crippen molar-refractivity contribution in [1.29, 1.82) is 0 Å². The number of fused-ring (bicyclic) bond motifs is 1. The Morgan fingerprint density at radius 2 is 1.84 bits per heavy atom. The van der Waals surface area contributed by atoms with Crippen molar-refractivity contribution in [3.63, 3.8) is 0 Å². The smallest absolute Gasteiger partial charge is 0.161 e. The molecule has 0 unspecified atom stereocenters. The van der Waals surface area contributed by atoms with E-state index in [0.29, 0.717) is 26.4 Å². The van der Waals surface area contributed by atoms with Crippen LogP contribution in [0.1, 0.15) is 0 Å². The van der Waals surface area contributed by atoms with Crippen LogP contribution < -0.4 is 19.3 Å². The number of rotatable bonds is 8. The molecular formula is C18H30N2O5+2. The lowest BCUT2D eigenvalue weighted by Crippen LogP contribution is -3.28. The van der Waals surface area contributed by atoms with Crippen LogP contribution in [0.5, 0.6) is 11.5 Å². The van der Waals surface area contributed by atoms with Gasteiger partial charge in [-0.25, -0.2) is 0 Å². The van der Waals surface area contributed by atoms with Crippen LogP contribution in [0.4, 0.5) is 0 Å². The molecule has 1 aromatic rings. The van der Waals surface area contributed by atoms with E-state index in [1.165, 1.54) is 9.80 Å². The van der Waals surface area contributed by atoms with E-state index in [2.05, 4.69) is 0 Å². The predicted molar refractivity (Wildman–Crippen MR) is 91.4 cm³/mol. The molecule has 0 radical (unpaired) electrons. The molecule has 2 atom stereocenters. The van der Waals surface area contributed by atoms with Crippen LogP contribution >= 0.6 is 0 Å². The first kappa shape index (κ1) is 18.4. The van der Waals surface area contributed by atoms with Gasteiger partial charge in [0, 0.05) is 0 Å². The van der Waals surface area contributed by atoms with Gasteiger partial charge in [-0.15, -0.1) is 0 Å². The summed E-state index contributed by atoms with van der Waals surface area (Å²) < 4.78 is 17.1. The second-order valence-corrected chi connectivity index (χ2v) is 6.87. The van der Waals surface area contributed by atoms with Crippen molar-refractivity contribution in [2.45, 2.75) is 12.2 Å². The number of benzene rings is 1. The molecule has 1 aromatic carbocycles. The fourth-order valence-corrected chi connectivity index (χ4v) is 3.44. The maximum atomic E-state index is 10.2. The van der Waals surface area contributed by atoms with Gasteiger partial charge in [-0.2, -0.15) is 0 Å². The number of hydrogen-bond acceptors (Lipinski definition) is 5. The normalized spacial score (nSPS) is 27.0. The second-order valence-electron chi connectivity index (χ2n) is 6.87. The molecule has 4 N–H and O–H groups in total. The molecule has 0 spiro atoms. The minimum absolute atomic E-state index is 0.139. The maximum absolute atomic E-state index is 10.2. The third-order valence-electron chi connectivity index (χ3n) is 4.84. The summed E-state index contributed by atoms with van der Waals surface area (Å²) in [5.74, 6) is 1.51. The molecule has 2 heterocycles. The molecule has 2 aliphatic heterocycles. The summed E-state index contributed by atoms with van der Waals surface area (Å²) in [6.07, 6.45) is -0.605. The Hall–Kier alpha value is -1.38. The third kappa shape index (κ3) is 5.55. The van der Waals surface area contributed by atoms with Gasteiger partial charge in [0.1, 0.15) is 52.0 Å². The number of ether oxygens (including phenoxy) is 3. The van der Waals surface area contributed by atoms with Crippen molar-refractivity contribution in [1.82, 2.24) is 0 Å². The first-order valence-electron chi connectivity index (χ1n) is 9.17. The average molecular weight is 354 g/mol. The quantitative estimate of drug-likeness (QED) is 0.400. The molecule has 1 fully saturated rings. The molecule has 25 heavy (non-hydrogen) atoms. The van der Waals surface area contributed by atoms with Crippen molar-refractivity contribution in [3.05, 3.63) is 24.3 Å². The summed E-state index contributed by atoms with van der Waals surface area (Å²) in [6, 6.07) is 7.61. The Bertz CT molecular complexity index is 522. The molecule has 0 aliphatic carbocycles. The highest BCUT2D eigenvalue weighted by atomic mass is 16.6. The SMILES string of the molecule is OCC[NH+]1CC[NH+](C[C@@H](O)COC[C@H]2COc3ccccc3O2)CC1. The van der Waals surface area contributed by atoms with E-state index in [0.717, 1.165) is 44.2 Å². The molecule has 140 valence electrons. The van der Waals surface area contributed by atoms with Gasteiger partial charge in [0.15, 0.2) is 17.6 Å². The van der Waals surface area contributed by atoms with Gasteiger partial charge in [-0.3, -0.25) is 0 Å². The Morgan fingerprint density at radius 1 is 1.12 bits per heavy atom. The largest absolute Gasteiger partial charge is 0.486 e. The van der Waals surface area contributed by atoms with Gasteiger partial charge in [0.05, 0.1) is 19.8 Å². The number of aliphatic hydroxyl groups excluding tert-OH is 2. The van der Waals surface area contributed by atoms with Gasteiger partial charge in [0.2, 0.25) is 0 Å². The van der Waals surface area contributed by atoms with Crippen LogP contribution in [0.25, 0.3) is 0 Å². The zero-order valence-electron chi connectivity index (χ0n) is 14.7. The van der Waals surface area contributed by atoms with E-state index in [1.54, 1.807) is 0 Å². The van der Waals surface area contributed by atoms with E-state index < -0.39 is 6.10 Å². The van der Waals surface area contributed by atoms with Gasteiger partial charge in [0.25, 0.3) is 0 Å². The Labute approximate surface area is 148 Å². The van der Waals surface area contributed by atoms with Crippen LogP contribution in [-0.2, 0) is 4.74 Å². The van der Waals surface area contributed by atoms with Crippen LogP contribution in [0.2, 0.25) is 0 Å². The van der Waals surface area contributed by atoms with Crippen molar-refractivity contribution in [2.75, 3.05) is 65.7 Å². The van der Waals surface area contributed by atoms with Crippen LogP contribution in [0, 0.1) is 0 Å². The zero-order chi connectivity index (χ0) is 17.5. The monoisotopic (exact) mass is 354 g/mol. The molecular weight excluding hydrogens is 324 g/mol. The fraction of sp³-hybridized carbons (Fsp3) is 0.667. The molecule has 0 amide bonds. The van der Waals surface area contributed by atoms with Gasteiger partial charge < -0.3 is 34.2 Å². The minimum atomic E-state index is -0.466. The molecule has 0 bridgehead atoms. The highest BCUT2D eigenvalue weighted by molar-refractivity contribution is 5.40. The molecule has 3 rings (SSSR count). The van der Waals surface area contributed by atoms with Gasteiger partial charge in [-0.05, 0) is 12.1 Å². The van der Waals surface area contributed by atoms with Crippen molar-refractivity contribution in [2.24, 2.45) is 0 Å². The fourth-order valence-electron chi connectivity index (χ4n) is 3.44. The summed E-state index contributed by atoms with van der Waals surface area (Å²) in [7, 11) is 0. The van der Waals surface area contributed by atoms with Crippen molar-refractivity contribution >= 4 is 0 Å². The Kier molecular flexibility index (Phi) is 6.89. The number of aliphatic hydroxyl groups is 2. The first-order chi connectivity index (χ1) is 12.2. The van der Waals surface area contributed by atoms with Gasteiger partial charge >= 0.3 is 0 Å². The average Bonchev–Trinajstić information content (AvgIpc) is 2.63. The summed E-state index contributed by atoms with van der Waals surface area (Å²) in [4.78, 5) is 2.86. The number of para-hydroxylation sites is 2. The summed E-state index contributed by atoms with van der Waals surface area (Å²) in [5, 5.41) is 19.2. The third-order valence-corrected chi connectivity index (χ3v) is 4.84. The second kappa shape index (κ2) is 9.35. The van der Waals surface area contributed by atoms with Crippen LogP contribution in [0.3, 0.4) is 0 Å². The number of nitrogens with one attached hydrogen (secondary N) is 2. The van der Waals surface area contributed by atoms with E-state index in [1.807, 2.05) is 24.3 Å². The molecule has 7 heteroatoms. The van der Waals surface area contributed by atoms with Crippen LogP contribution in [0.15, 0.2) is 24.3 Å². The topological polar surface area (TPSA) is 77.0 Å². The summed E-state index contributed by atoms with van der Waals surface area (Å²) in [6.45, 7) is 7.14. The maximum Gasteiger partial charge on any atom is 0.161 e. The van der Waals surface area contributed by atoms with E-state index in [-0.39, 0.29) is 12.7 Å². The minimum Gasteiger partial charge on any atom is -0.486 e. The molecule has 1 saturated heterocycles. The lowest BCUT2D eigenvalue weighted by Gasteiger charge is -2.30. The van der Waals surface area contributed by atoms with E-state index in [9.17, 15) is 5.11 Å². The highest BCUT2D eigenvalue weighted by Gasteiger charge is 2.25. The first-order valence-corrected chi connectivity index (χ1v) is 9.17. The van der Waals surface area contributed by atoms with Crippen LogP contribution in [-0.4, -0.2) is 88.1 Å². The highest BCUT2D eigenvalue weighted by Crippen LogP contribution is 2.30. The number of quaternary nitrogens is 2. The standard InChI is InChI=1S/C18H28N2O5/c21-10-9-19-5-7-20(8-6-19)11-15(22)12-23-13-16-14-24-17-3-1-2-4-18(17)25-16/h1-4,15-16,21-22H,5-14H2/p+2/t15-,16+/m1/s1. The number of hydrogen-bond donors (Lipinski definition) is 4. The van der Waals surface area contributed by atoms with Crippen molar-refractivity contribution in [3.8, 4) is 11.5 Å². The molecule has 2 aliphatic rings. The summed E-state index contributed by atoms with van der Waals surface area (Å²) >= 11 is 0. The lowest BCUT2D eigenvalue weighted by molar-refractivity contribution is -1.01. The lowest BCUT2D eigenvalue weighted by atomic mass is 10.2. The Morgan fingerprint density at radius 3 is 2.60 bits per heavy atom. The van der Waals surface area contributed by atoms with Gasteiger partial charge in [-0.1, -0.05) is 12.1 Å². The number of piperazine rings is 1. The van der Waals surface area contributed by atoms with Crippen molar-refractivity contribution < 1.29 is 34.2 Å². The van der Waals surface area contributed by atoms with E-state index in [4.69, 9.17) is 19.3 Å². The molecule has 0 saturated carbocycles. The Balaban J connectivity index is 1.30. The summed E-state index contributed by atoms with van der Waals surface area (Å²) in [5.41, 5.74) is 0. The van der Waals surface area contributed by atoms with E-state index >= 15 is 0 Å². The zero-order valence-corrected chi connectivity index (χ0v) is 14.7. The predicted octanol–water partition coefficient (Wildman–Crippen LogP) is -3.02.